The molecule has 112 valence electrons. The van der Waals surface area contributed by atoms with E-state index in [1.807, 2.05) is 0 Å². The van der Waals surface area contributed by atoms with Crippen LogP contribution in [0.5, 0.6) is 0 Å². The Kier molecular flexibility index (Phi) is 7.39. The third-order valence-corrected chi connectivity index (χ3v) is 4.13. The van der Waals surface area contributed by atoms with Crippen molar-refractivity contribution in [2.75, 3.05) is 13.2 Å². The Balaban J connectivity index is 2.00. The summed E-state index contributed by atoms with van der Waals surface area (Å²) in [6.45, 7) is 3.36. The Morgan fingerprint density at radius 2 is 1.84 bits per heavy atom. The summed E-state index contributed by atoms with van der Waals surface area (Å²) in [6, 6.07) is 0. The summed E-state index contributed by atoms with van der Waals surface area (Å²) >= 11 is 0. The standard InChI is InChI=1S/C15H30N2O2/c1-15(17,14(16)18)10-6-7-11-19-12-13-8-4-2-3-5-9-13/h13H,2-12,17H2,1H3,(H2,16,18). The van der Waals surface area contributed by atoms with Gasteiger partial charge in [-0.2, -0.15) is 0 Å². The lowest BCUT2D eigenvalue weighted by molar-refractivity contribution is -0.122. The van der Waals surface area contributed by atoms with Crippen LogP contribution in [0.15, 0.2) is 0 Å². The van der Waals surface area contributed by atoms with Gasteiger partial charge in [0.2, 0.25) is 5.91 Å². The zero-order chi connectivity index (χ0) is 14.1. The van der Waals surface area contributed by atoms with Crippen LogP contribution in [0.25, 0.3) is 0 Å². The number of carbonyl (C=O) groups excluding carboxylic acids is 1. The normalized spacial score (nSPS) is 20.7. The van der Waals surface area contributed by atoms with Crippen molar-refractivity contribution in [1.82, 2.24) is 0 Å². The van der Waals surface area contributed by atoms with Crippen LogP contribution in [0.2, 0.25) is 0 Å². The van der Waals surface area contributed by atoms with E-state index in [1.54, 1.807) is 6.92 Å². The van der Waals surface area contributed by atoms with E-state index in [0.29, 0.717) is 6.42 Å². The molecule has 0 aromatic carbocycles. The predicted octanol–water partition coefficient (Wildman–Crippen LogP) is 2.35. The molecule has 1 aliphatic rings. The van der Waals surface area contributed by atoms with E-state index in [-0.39, 0.29) is 0 Å². The number of primary amides is 1. The van der Waals surface area contributed by atoms with Crippen molar-refractivity contribution in [3.8, 4) is 0 Å². The summed E-state index contributed by atoms with van der Waals surface area (Å²) in [6.07, 6.45) is 10.6. The molecule has 1 unspecified atom stereocenters. The van der Waals surface area contributed by atoms with E-state index in [1.165, 1.54) is 38.5 Å². The van der Waals surface area contributed by atoms with Crippen molar-refractivity contribution in [2.45, 2.75) is 70.3 Å². The van der Waals surface area contributed by atoms with E-state index < -0.39 is 11.4 Å². The first kappa shape index (κ1) is 16.4. The van der Waals surface area contributed by atoms with Crippen molar-refractivity contribution in [3.05, 3.63) is 0 Å². The molecular formula is C15H30N2O2. The second kappa shape index (κ2) is 8.54. The van der Waals surface area contributed by atoms with E-state index in [9.17, 15) is 4.79 Å². The molecule has 1 fully saturated rings. The predicted molar refractivity (Wildman–Crippen MR) is 77.6 cm³/mol. The molecule has 19 heavy (non-hydrogen) atoms. The number of carbonyl (C=O) groups is 1. The zero-order valence-corrected chi connectivity index (χ0v) is 12.3. The van der Waals surface area contributed by atoms with Crippen LogP contribution in [-0.2, 0) is 9.53 Å². The molecule has 0 spiro atoms. The first-order chi connectivity index (χ1) is 9.02. The highest BCUT2D eigenvalue weighted by Gasteiger charge is 2.24. The summed E-state index contributed by atoms with van der Waals surface area (Å²) in [7, 11) is 0. The largest absolute Gasteiger partial charge is 0.381 e. The molecule has 0 aliphatic heterocycles. The van der Waals surface area contributed by atoms with Gasteiger partial charge in [-0.05, 0) is 44.9 Å². The van der Waals surface area contributed by atoms with Crippen molar-refractivity contribution >= 4 is 5.91 Å². The van der Waals surface area contributed by atoms with Gasteiger partial charge in [0.15, 0.2) is 0 Å². The number of amides is 1. The van der Waals surface area contributed by atoms with Gasteiger partial charge in [-0.3, -0.25) is 4.79 Å². The van der Waals surface area contributed by atoms with Crippen LogP contribution < -0.4 is 11.5 Å². The van der Waals surface area contributed by atoms with Crippen LogP contribution in [0, 0.1) is 5.92 Å². The van der Waals surface area contributed by atoms with Crippen LogP contribution in [0.1, 0.15) is 64.7 Å². The van der Waals surface area contributed by atoms with Gasteiger partial charge in [0, 0.05) is 13.2 Å². The molecule has 1 amide bonds. The van der Waals surface area contributed by atoms with Gasteiger partial charge in [0.05, 0.1) is 5.54 Å². The fourth-order valence-corrected chi connectivity index (χ4v) is 2.60. The molecule has 0 radical (unpaired) electrons. The minimum atomic E-state index is -0.874. The highest BCUT2D eigenvalue weighted by atomic mass is 16.5. The van der Waals surface area contributed by atoms with Gasteiger partial charge in [0.25, 0.3) is 0 Å². The molecule has 1 atom stereocenters. The second-order valence-corrected chi connectivity index (χ2v) is 6.17. The van der Waals surface area contributed by atoms with Gasteiger partial charge in [-0.1, -0.05) is 25.7 Å². The number of hydrogen-bond acceptors (Lipinski definition) is 3. The van der Waals surface area contributed by atoms with Gasteiger partial charge in [-0.25, -0.2) is 0 Å². The van der Waals surface area contributed by atoms with Crippen LogP contribution >= 0.6 is 0 Å². The number of nitrogens with two attached hydrogens (primary N) is 2. The van der Waals surface area contributed by atoms with E-state index in [4.69, 9.17) is 16.2 Å². The van der Waals surface area contributed by atoms with Gasteiger partial charge in [0.1, 0.15) is 0 Å². The zero-order valence-electron chi connectivity index (χ0n) is 12.3. The Morgan fingerprint density at radius 3 is 2.42 bits per heavy atom. The van der Waals surface area contributed by atoms with E-state index in [0.717, 1.165) is 32.0 Å². The smallest absolute Gasteiger partial charge is 0.237 e. The minimum Gasteiger partial charge on any atom is -0.381 e. The summed E-state index contributed by atoms with van der Waals surface area (Å²) in [4.78, 5) is 11.0. The fraction of sp³-hybridized carbons (Fsp3) is 0.933. The molecular weight excluding hydrogens is 240 g/mol. The maximum Gasteiger partial charge on any atom is 0.237 e. The monoisotopic (exact) mass is 270 g/mol. The summed E-state index contributed by atoms with van der Waals surface area (Å²) in [5.74, 6) is 0.333. The molecule has 4 heteroatoms. The number of ether oxygens (including phenoxy) is 1. The van der Waals surface area contributed by atoms with Crippen LogP contribution in [0.4, 0.5) is 0 Å². The molecule has 1 aliphatic carbocycles. The topological polar surface area (TPSA) is 78.3 Å². The Hall–Kier alpha value is -0.610. The molecule has 4 N–H and O–H groups in total. The Morgan fingerprint density at radius 1 is 1.21 bits per heavy atom. The lowest BCUT2D eigenvalue weighted by Gasteiger charge is -2.20. The third kappa shape index (κ3) is 6.92. The molecule has 1 saturated carbocycles. The quantitative estimate of drug-likeness (QED) is 0.525. The average Bonchev–Trinajstić information content (AvgIpc) is 2.62. The number of hydrogen-bond donors (Lipinski definition) is 2. The summed E-state index contributed by atoms with van der Waals surface area (Å²) in [5, 5.41) is 0. The van der Waals surface area contributed by atoms with E-state index >= 15 is 0 Å². The second-order valence-electron chi connectivity index (χ2n) is 6.17. The minimum absolute atomic E-state index is 0.424. The number of unbranched alkanes of at least 4 members (excludes halogenated alkanes) is 1. The van der Waals surface area contributed by atoms with Gasteiger partial charge < -0.3 is 16.2 Å². The molecule has 0 heterocycles. The molecule has 0 aromatic rings. The molecule has 0 bridgehead atoms. The summed E-state index contributed by atoms with van der Waals surface area (Å²) < 4.78 is 5.75. The highest BCUT2D eigenvalue weighted by Crippen LogP contribution is 2.23. The van der Waals surface area contributed by atoms with E-state index in [2.05, 4.69) is 0 Å². The first-order valence-corrected chi connectivity index (χ1v) is 7.69. The fourth-order valence-electron chi connectivity index (χ4n) is 2.60. The molecule has 4 nitrogen and oxygen atoms in total. The first-order valence-electron chi connectivity index (χ1n) is 7.69. The summed E-state index contributed by atoms with van der Waals surface area (Å²) in [5.41, 5.74) is 10.1. The lowest BCUT2D eigenvalue weighted by atomic mass is 9.95. The average molecular weight is 270 g/mol. The molecule has 1 rings (SSSR count). The Labute approximate surface area is 117 Å². The maximum atomic E-state index is 11.0. The van der Waals surface area contributed by atoms with Gasteiger partial charge >= 0.3 is 0 Å². The third-order valence-electron chi connectivity index (χ3n) is 4.13. The van der Waals surface area contributed by atoms with Crippen molar-refractivity contribution in [1.29, 1.82) is 0 Å². The highest BCUT2D eigenvalue weighted by molar-refractivity contribution is 5.83. The lowest BCUT2D eigenvalue weighted by Crippen LogP contribution is -2.49. The molecule has 0 aromatic heterocycles. The van der Waals surface area contributed by atoms with Gasteiger partial charge in [-0.15, -0.1) is 0 Å². The van der Waals surface area contributed by atoms with Crippen molar-refractivity contribution in [3.63, 3.8) is 0 Å². The van der Waals surface area contributed by atoms with Crippen LogP contribution in [0.3, 0.4) is 0 Å². The van der Waals surface area contributed by atoms with Crippen molar-refractivity contribution in [2.24, 2.45) is 17.4 Å². The molecule has 0 saturated heterocycles. The van der Waals surface area contributed by atoms with Crippen molar-refractivity contribution < 1.29 is 9.53 Å². The number of rotatable bonds is 8. The maximum absolute atomic E-state index is 11.0. The van der Waals surface area contributed by atoms with Crippen LogP contribution in [-0.4, -0.2) is 24.7 Å². The SMILES string of the molecule is CC(N)(CCCCOCC1CCCCCC1)C(N)=O. The Bertz CT molecular complexity index is 259.